The molecule has 25 heavy (non-hydrogen) atoms. The molecule has 1 aromatic carbocycles. The third-order valence-corrected chi connectivity index (χ3v) is 3.75. The van der Waals surface area contributed by atoms with Gasteiger partial charge in [-0.15, -0.1) is 0 Å². The van der Waals surface area contributed by atoms with Crippen LogP contribution in [0.5, 0.6) is 11.5 Å². The first kappa shape index (κ1) is 20.8. The molecule has 0 heterocycles. The monoisotopic (exact) mass is 352 g/mol. The Kier molecular flexibility index (Phi) is 6.85. The van der Waals surface area contributed by atoms with Crippen LogP contribution in [0.25, 0.3) is 0 Å². The van der Waals surface area contributed by atoms with Crippen LogP contribution in [0, 0.1) is 10.8 Å². The van der Waals surface area contributed by atoms with Gasteiger partial charge in [0.05, 0.1) is 12.0 Å². The quantitative estimate of drug-likeness (QED) is 0.701. The predicted molar refractivity (Wildman–Crippen MR) is 94.1 cm³/mol. The third kappa shape index (κ3) is 7.45. The van der Waals surface area contributed by atoms with Crippen molar-refractivity contribution in [3.8, 4) is 11.5 Å². The lowest BCUT2D eigenvalue weighted by Gasteiger charge is -2.24. The molecule has 1 atom stereocenters. The van der Waals surface area contributed by atoms with Gasteiger partial charge in [0.2, 0.25) is 0 Å². The summed E-state index contributed by atoms with van der Waals surface area (Å²) in [4.78, 5) is 22.4. The summed E-state index contributed by atoms with van der Waals surface area (Å²) < 4.78 is 11.1. The Labute approximate surface area is 148 Å². The van der Waals surface area contributed by atoms with E-state index in [1.54, 1.807) is 38.1 Å². The van der Waals surface area contributed by atoms with Crippen molar-refractivity contribution in [2.75, 3.05) is 6.61 Å². The molecular formula is C19H28O6. The average molecular weight is 352 g/mol. The Morgan fingerprint density at radius 3 is 1.96 bits per heavy atom. The van der Waals surface area contributed by atoms with E-state index in [9.17, 15) is 14.7 Å². The maximum absolute atomic E-state index is 11.3. The second-order valence-corrected chi connectivity index (χ2v) is 7.97. The van der Waals surface area contributed by atoms with E-state index in [1.807, 2.05) is 20.8 Å². The molecule has 0 aliphatic carbocycles. The van der Waals surface area contributed by atoms with Crippen LogP contribution in [0.3, 0.4) is 0 Å². The average Bonchev–Trinajstić information content (AvgIpc) is 2.46. The van der Waals surface area contributed by atoms with Crippen LogP contribution in [0.4, 0.5) is 0 Å². The molecule has 2 N–H and O–H groups in total. The minimum Gasteiger partial charge on any atom is -0.494 e. The maximum atomic E-state index is 11.3. The Morgan fingerprint density at radius 1 is 1.00 bits per heavy atom. The minimum atomic E-state index is -0.994. The van der Waals surface area contributed by atoms with Crippen molar-refractivity contribution >= 4 is 11.9 Å². The molecule has 0 aliphatic rings. The lowest BCUT2D eigenvalue weighted by molar-refractivity contribution is -0.148. The number of aliphatic carboxylic acids is 2. The smallest absolute Gasteiger partial charge is 0.344 e. The van der Waals surface area contributed by atoms with Crippen LogP contribution in [-0.4, -0.2) is 34.9 Å². The third-order valence-electron chi connectivity index (χ3n) is 3.75. The van der Waals surface area contributed by atoms with Crippen LogP contribution < -0.4 is 9.47 Å². The fourth-order valence-corrected chi connectivity index (χ4v) is 2.05. The number of benzene rings is 1. The topological polar surface area (TPSA) is 93.1 Å². The molecule has 6 nitrogen and oxygen atoms in total. The molecule has 0 radical (unpaired) electrons. The first-order chi connectivity index (χ1) is 11.4. The maximum Gasteiger partial charge on any atom is 0.344 e. The van der Waals surface area contributed by atoms with Gasteiger partial charge in [0, 0.05) is 6.42 Å². The molecule has 0 aromatic heterocycles. The first-order valence-electron chi connectivity index (χ1n) is 8.26. The number of carboxylic acids is 2. The second kappa shape index (κ2) is 8.23. The molecule has 0 aliphatic heterocycles. The van der Waals surface area contributed by atoms with Crippen molar-refractivity contribution in [3.05, 3.63) is 24.3 Å². The minimum absolute atomic E-state index is 0.164. The standard InChI is InChI=1S/C19H28O6/c1-18(2,3)12-15(16(20)21)25-14-8-6-13(7-9-14)24-11-10-19(4,5)17(22)23/h6-9,15H,10-12H2,1-5H3,(H,20,21)(H,22,23). The summed E-state index contributed by atoms with van der Waals surface area (Å²) in [6.07, 6.45) is -0.138. The van der Waals surface area contributed by atoms with E-state index in [1.165, 1.54) is 0 Å². The van der Waals surface area contributed by atoms with E-state index in [0.29, 0.717) is 24.3 Å². The van der Waals surface area contributed by atoms with E-state index in [2.05, 4.69) is 0 Å². The van der Waals surface area contributed by atoms with E-state index in [-0.39, 0.29) is 12.0 Å². The zero-order chi connectivity index (χ0) is 19.3. The Balaban J connectivity index is 2.60. The van der Waals surface area contributed by atoms with Crippen LogP contribution in [0.1, 0.15) is 47.5 Å². The van der Waals surface area contributed by atoms with Gasteiger partial charge in [-0.2, -0.15) is 0 Å². The molecule has 0 spiro atoms. The second-order valence-electron chi connectivity index (χ2n) is 7.97. The summed E-state index contributed by atoms with van der Waals surface area (Å²) in [5.74, 6) is -0.823. The van der Waals surface area contributed by atoms with Gasteiger partial charge in [-0.25, -0.2) is 4.79 Å². The number of rotatable bonds is 9. The van der Waals surface area contributed by atoms with Gasteiger partial charge in [-0.05, 0) is 49.9 Å². The number of carbonyl (C=O) groups is 2. The molecule has 1 unspecified atom stereocenters. The van der Waals surface area contributed by atoms with Crippen LogP contribution in [0.2, 0.25) is 0 Å². The highest BCUT2D eigenvalue weighted by atomic mass is 16.5. The van der Waals surface area contributed by atoms with Gasteiger partial charge < -0.3 is 19.7 Å². The molecule has 0 saturated heterocycles. The number of hydrogen-bond acceptors (Lipinski definition) is 4. The van der Waals surface area contributed by atoms with Gasteiger partial charge in [0.15, 0.2) is 6.10 Å². The van der Waals surface area contributed by atoms with Gasteiger partial charge in [0.25, 0.3) is 0 Å². The molecule has 0 fully saturated rings. The van der Waals surface area contributed by atoms with Crippen LogP contribution in [-0.2, 0) is 9.59 Å². The molecular weight excluding hydrogens is 324 g/mol. The molecule has 140 valence electrons. The Hall–Kier alpha value is -2.24. The number of hydrogen-bond donors (Lipinski definition) is 2. The molecule has 0 saturated carbocycles. The summed E-state index contributed by atoms with van der Waals surface area (Å²) in [6.45, 7) is 9.46. The fraction of sp³-hybridized carbons (Fsp3) is 0.579. The van der Waals surface area contributed by atoms with Crippen molar-refractivity contribution < 1.29 is 29.3 Å². The lowest BCUT2D eigenvalue weighted by atomic mass is 9.89. The normalized spacial score (nSPS) is 13.2. The summed E-state index contributed by atoms with van der Waals surface area (Å²) in [6, 6.07) is 6.66. The van der Waals surface area contributed by atoms with Gasteiger partial charge in [-0.3, -0.25) is 4.79 Å². The SMILES string of the molecule is CC(C)(C)CC(Oc1ccc(OCCC(C)(C)C(=O)O)cc1)C(=O)O. The van der Waals surface area contributed by atoms with Gasteiger partial charge in [-0.1, -0.05) is 20.8 Å². The van der Waals surface area contributed by atoms with E-state index in [4.69, 9.17) is 14.6 Å². The highest BCUT2D eigenvalue weighted by Crippen LogP contribution is 2.26. The number of carboxylic acid groups (broad SMARTS) is 2. The van der Waals surface area contributed by atoms with Crippen molar-refractivity contribution in [1.29, 1.82) is 0 Å². The van der Waals surface area contributed by atoms with Crippen molar-refractivity contribution in [3.63, 3.8) is 0 Å². The van der Waals surface area contributed by atoms with Crippen LogP contribution >= 0.6 is 0 Å². The fourth-order valence-electron chi connectivity index (χ4n) is 2.05. The molecule has 1 aromatic rings. The zero-order valence-electron chi connectivity index (χ0n) is 15.5. The first-order valence-corrected chi connectivity index (χ1v) is 8.26. The van der Waals surface area contributed by atoms with Crippen molar-refractivity contribution in [2.45, 2.75) is 53.6 Å². The summed E-state index contributed by atoms with van der Waals surface area (Å²) in [5, 5.41) is 18.4. The summed E-state index contributed by atoms with van der Waals surface area (Å²) in [5.41, 5.74) is -1.01. The summed E-state index contributed by atoms with van der Waals surface area (Å²) >= 11 is 0. The van der Waals surface area contributed by atoms with E-state index >= 15 is 0 Å². The highest BCUT2D eigenvalue weighted by molar-refractivity contribution is 5.73. The number of ether oxygens (including phenoxy) is 2. The van der Waals surface area contributed by atoms with Crippen molar-refractivity contribution in [2.24, 2.45) is 10.8 Å². The van der Waals surface area contributed by atoms with Crippen molar-refractivity contribution in [1.82, 2.24) is 0 Å². The van der Waals surface area contributed by atoms with Gasteiger partial charge in [0.1, 0.15) is 11.5 Å². The van der Waals surface area contributed by atoms with E-state index < -0.39 is 23.5 Å². The van der Waals surface area contributed by atoms with E-state index in [0.717, 1.165) is 0 Å². The Morgan fingerprint density at radius 2 is 1.52 bits per heavy atom. The zero-order valence-corrected chi connectivity index (χ0v) is 15.5. The summed E-state index contributed by atoms with van der Waals surface area (Å²) in [7, 11) is 0. The molecule has 0 amide bonds. The van der Waals surface area contributed by atoms with Crippen LogP contribution in [0.15, 0.2) is 24.3 Å². The highest BCUT2D eigenvalue weighted by Gasteiger charge is 2.27. The molecule has 0 bridgehead atoms. The lowest BCUT2D eigenvalue weighted by Crippen LogP contribution is -2.31. The molecule has 1 rings (SSSR count). The predicted octanol–water partition coefficient (Wildman–Crippen LogP) is 3.83. The molecule has 6 heteroatoms. The Bertz CT molecular complexity index is 583. The van der Waals surface area contributed by atoms with Gasteiger partial charge >= 0.3 is 11.9 Å². The largest absolute Gasteiger partial charge is 0.494 e.